The second kappa shape index (κ2) is 5.90. The van der Waals surface area contributed by atoms with E-state index in [2.05, 4.69) is 15.4 Å². The molecule has 6 nitrogen and oxygen atoms in total. The van der Waals surface area contributed by atoms with Crippen LogP contribution >= 0.6 is 23.7 Å². The van der Waals surface area contributed by atoms with Crippen LogP contribution in [0.4, 0.5) is 5.13 Å². The highest BCUT2D eigenvalue weighted by atomic mass is 35.5. The van der Waals surface area contributed by atoms with Crippen molar-refractivity contribution in [2.24, 2.45) is 12.8 Å². The van der Waals surface area contributed by atoms with Crippen molar-refractivity contribution >= 4 is 34.8 Å². The van der Waals surface area contributed by atoms with Crippen molar-refractivity contribution < 1.29 is 4.79 Å². The first-order chi connectivity index (χ1) is 9.11. The number of carbonyl (C=O) groups is 1. The summed E-state index contributed by atoms with van der Waals surface area (Å²) in [6.07, 6.45) is 5.94. The molecule has 0 spiro atoms. The minimum absolute atomic E-state index is 0. The molecule has 0 fully saturated rings. The maximum absolute atomic E-state index is 12.0. The van der Waals surface area contributed by atoms with Crippen LogP contribution in [0.15, 0.2) is 12.4 Å². The third-order valence-electron chi connectivity index (χ3n) is 3.17. The van der Waals surface area contributed by atoms with Gasteiger partial charge in [0.2, 0.25) is 0 Å². The molecular weight excluding hydrogens is 298 g/mol. The van der Waals surface area contributed by atoms with E-state index in [-0.39, 0.29) is 24.4 Å². The number of hydrogen-bond donors (Lipinski definition) is 2. The van der Waals surface area contributed by atoms with Gasteiger partial charge in [-0.25, -0.2) is 4.98 Å². The predicted octanol–water partition coefficient (Wildman–Crippen LogP) is 1.37. The maximum atomic E-state index is 12.0. The second-order valence-electron chi connectivity index (χ2n) is 4.75. The number of nitrogens with zero attached hydrogens (tertiary/aromatic N) is 3. The molecule has 20 heavy (non-hydrogen) atoms. The van der Waals surface area contributed by atoms with Crippen molar-refractivity contribution in [2.75, 3.05) is 5.32 Å². The molecule has 0 bridgehead atoms. The van der Waals surface area contributed by atoms with Gasteiger partial charge in [0.05, 0.1) is 17.5 Å². The zero-order chi connectivity index (χ0) is 13.4. The fourth-order valence-electron chi connectivity index (χ4n) is 2.16. The molecule has 2 aromatic heterocycles. The lowest BCUT2D eigenvalue weighted by atomic mass is 9.99. The molecule has 3 rings (SSSR count). The maximum Gasteiger partial charge on any atom is 0.260 e. The van der Waals surface area contributed by atoms with E-state index in [9.17, 15) is 4.79 Å². The molecule has 0 aliphatic heterocycles. The van der Waals surface area contributed by atoms with Crippen LogP contribution in [0, 0.1) is 0 Å². The lowest BCUT2D eigenvalue weighted by molar-refractivity contribution is 0.102. The van der Waals surface area contributed by atoms with Crippen LogP contribution in [0.1, 0.15) is 27.3 Å². The van der Waals surface area contributed by atoms with E-state index in [1.54, 1.807) is 24.1 Å². The standard InChI is InChI=1S/C12H15N5OS.ClH/c1-17-6-7(5-14-17)11(18)16-12-15-9-3-2-8(13)4-10(9)19-12;/h5-6,8H,2-4,13H2,1H3,(H,15,16,18);1H/t8-;/m0./s1. The highest BCUT2D eigenvalue weighted by Crippen LogP contribution is 2.29. The molecule has 3 N–H and O–H groups in total. The van der Waals surface area contributed by atoms with Crippen LogP contribution in [0.5, 0.6) is 0 Å². The third kappa shape index (κ3) is 3.00. The summed E-state index contributed by atoms with van der Waals surface area (Å²) in [6.45, 7) is 0. The van der Waals surface area contributed by atoms with Crippen LogP contribution in [-0.2, 0) is 19.9 Å². The number of fused-ring (bicyclic) bond motifs is 1. The van der Waals surface area contributed by atoms with Gasteiger partial charge in [0.1, 0.15) is 0 Å². The monoisotopic (exact) mass is 313 g/mol. The number of nitrogens with one attached hydrogen (secondary N) is 1. The van der Waals surface area contributed by atoms with Gasteiger partial charge in [0, 0.05) is 24.2 Å². The number of thiazole rings is 1. The molecular formula is C12H16ClN5OS. The number of aromatic nitrogens is 3. The normalized spacial score (nSPS) is 17.2. The molecule has 1 atom stereocenters. The Hall–Kier alpha value is -1.44. The zero-order valence-corrected chi connectivity index (χ0v) is 12.6. The Morgan fingerprint density at radius 2 is 2.40 bits per heavy atom. The molecule has 1 aliphatic carbocycles. The van der Waals surface area contributed by atoms with Crippen molar-refractivity contribution in [3.8, 4) is 0 Å². The number of halogens is 1. The summed E-state index contributed by atoms with van der Waals surface area (Å²) in [6, 6.07) is 0.217. The first-order valence-corrected chi connectivity index (χ1v) is 6.97. The lowest BCUT2D eigenvalue weighted by Crippen LogP contribution is -2.27. The highest BCUT2D eigenvalue weighted by Gasteiger charge is 2.21. The SMILES string of the molecule is Cl.Cn1cc(C(=O)Nc2nc3c(s2)C[C@@H](N)CC3)cn1. The highest BCUT2D eigenvalue weighted by molar-refractivity contribution is 7.15. The van der Waals surface area contributed by atoms with Crippen LogP contribution in [0.2, 0.25) is 0 Å². The van der Waals surface area contributed by atoms with E-state index < -0.39 is 0 Å². The molecule has 0 aromatic carbocycles. The van der Waals surface area contributed by atoms with Crippen LogP contribution in [-0.4, -0.2) is 26.7 Å². The van der Waals surface area contributed by atoms with Crippen LogP contribution in [0.3, 0.4) is 0 Å². The molecule has 1 amide bonds. The molecule has 2 heterocycles. The Morgan fingerprint density at radius 1 is 1.60 bits per heavy atom. The smallest absolute Gasteiger partial charge is 0.260 e. The molecule has 0 saturated heterocycles. The van der Waals surface area contributed by atoms with Gasteiger partial charge >= 0.3 is 0 Å². The van der Waals surface area contributed by atoms with Crippen molar-refractivity contribution in [3.05, 3.63) is 28.5 Å². The van der Waals surface area contributed by atoms with Gasteiger partial charge in [0.15, 0.2) is 5.13 Å². The summed E-state index contributed by atoms with van der Waals surface area (Å²) in [4.78, 5) is 17.6. The van der Waals surface area contributed by atoms with Crippen molar-refractivity contribution in [3.63, 3.8) is 0 Å². The molecule has 0 saturated carbocycles. The largest absolute Gasteiger partial charge is 0.327 e. The number of aryl methyl sites for hydroxylation is 2. The topological polar surface area (TPSA) is 85.8 Å². The third-order valence-corrected chi connectivity index (χ3v) is 4.20. The van der Waals surface area contributed by atoms with Crippen LogP contribution < -0.4 is 11.1 Å². The van der Waals surface area contributed by atoms with Crippen molar-refractivity contribution in [1.82, 2.24) is 14.8 Å². The van der Waals surface area contributed by atoms with Gasteiger partial charge in [-0.15, -0.1) is 23.7 Å². The Morgan fingerprint density at radius 3 is 3.10 bits per heavy atom. The Bertz CT molecular complexity index is 623. The lowest BCUT2D eigenvalue weighted by Gasteiger charge is -2.15. The minimum atomic E-state index is -0.177. The van der Waals surface area contributed by atoms with E-state index in [1.807, 2.05) is 0 Å². The number of nitrogens with two attached hydrogens (primary N) is 1. The number of carbonyl (C=O) groups excluding carboxylic acids is 1. The first kappa shape index (κ1) is 15.0. The summed E-state index contributed by atoms with van der Waals surface area (Å²) in [5, 5.41) is 7.44. The van der Waals surface area contributed by atoms with Gasteiger partial charge < -0.3 is 5.73 Å². The molecule has 2 aromatic rings. The van der Waals surface area contributed by atoms with E-state index >= 15 is 0 Å². The van der Waals surface area contributed by atoms with Crippen molar-refractivity contribution in [2.45, 2.75) is 25.3 Å². The van der Waals surface area contributed by atoms with Gasteiger partial charge in [-0.3, -0.25) is 14.8 Å². The fraction of sp³-hybridized carbons (Fsp3) is 0.417. The molecule has 108 valence electrons. The molecule has 0 radical (unpaired) electrons. The van der Waals surface area contributed by atoms with E-state index in [0.717, 1.165) is 25.0 Å². The van der Waals surface area contributed by atoms with Gasteiger partial charge in [-0.05, 0) is 19.3 Å². The van der Waals surface area contributed by atoms with E-state index in [1.165, 1.54) is 16.2 Å². The zero-order valence-electron chi connectivity index (χ0n) is 11.0. The fourth-order valence-corrected chi connectivity index (χ4v) is 3.26. The Labute approximate surface area is 126 Å². The average molecular weight is 314 g/mol. The molecule has 1 aliphatic rings. The van der Waals surface area contributed by atoms with E-state index in [4.69, 9.17) is 5.73 Å². The minimum Gasteiger partial charge on any atom is -0.327 e. The summed E-state index contributed by atoms with van der Waals surface area (Å²) in [5.41, 5.74) is 7.55. The summed E-state index contributed by atoms with van der Waals surface area (Å²) in [5.74, 6) is -0.177. The molecule has 8 heteroatoms. The summed E-state index contributed by atoms with van der Waals surface area (Å²) < 4.78 is 1.60. The average Bonchev–Trinajstić information content (AvgIpc) is 2.94. The quantitative estimate of drug-likeness (QED) is 0.876. The Balaban J connectivity index is 0.00000147. The number of hydrogen-bond acceptors (Lipinski definition) is 5. The van der Waals surface area contributed by atoms with Gasteiger partial charge in [-0.2, -0.15) is 5.10 Å². The first-order valence-electron chi connectivity index (χ1n) is 6.16. The summed E-state index contributed by atoms with van der Waals surface area (Å²) >= 11 is 1.52. The van der Waals surface area contributed by atoms with Gasteiger partial charge in [0.25, 0.3) is 5.91 Å². The predicted molar refractivity (Wildman–Crippen MR) is 80.5 cm³/mol. The molecule has 0 unspecified atom stereocenters. The number of anilines is 1. The number of amides is 1. The number of rotatable bonds is 2. The second-order valence-corrected chi connectivity index (χ2v) is 5.83. The summed E-state index contributed by atoms with van der Waals surface area (Å²) in [7, 11) is 1.78. The van der Waals surface area contributed by atoms with Crippen molar-refractivity contribution in [1.29, 1.82) is 0 Å². The van der Waals surface area contributed by atoms with Crippen LogP contribution in [0.25, 0.3) is 0 Å². The van der Waals surface area contributed by atoms with E-state index in [0.29, 0.717) is 10.7 Å². The Kier molecular flexibility index (Phi) is 4.42. The van der Waals surface area contributed by atoms with Gasteiger partial charge in [-0.1, -0.05) is 0 Å².